The number of amides is 1. The number of H-pyrrole nitrogens is 1. The van der Waals surface area contributed by atoms with Gasteiger partial charge in [-0.15, -0.1) is 0 Å². The predicted molar refractivity (Wildman–Crippen MR) is 196 cm³/mol. The molecule has 5 aromatic carbocycles. The Hall–Kier alpha value is -6.56. The molecule has 0 fully saturated rings. The molecule has 0 saturated carbocycles. The third kappa shape index (κ3) is 7.39. The Morgan fingerprint density at radius 2 is 1.27 bits per heavy atom. The van der Waals surface area contributed by atoms with E-state index in [4.69, 9.17) is 9.47 Å². The summed E-state index contributed by atoms with van der Waals surface area (Å²) in [5.74, 6) is 0.830. The number of anilines is 1. The Bertz CT molecular complexity index is 2480. The molecule has 0 atom stereocenters. The first kappa shape index (κ1) is 33.0. The minimum Gasteiger partial charge on any atom is -0.458 e. The fraction of sp³-hybridized carbons (Fsp3) is 0.0250. The maximum Gasteiger partial charge on any atom is 0.294 e. The van der Waals surface area contributed by atoms with Gasteiger partial charge in [0.1, 0.15) is 17.2 Å². The second-order valence-corrected chi connectivity index (χ2v) is 12.9. The number of aromatic amines is 1. The zero-order valence-electron chi connectivity index (χ0n) is 27.0. The molecule has 252 valence electrons. The van der Waals surface area contributed by atoms with E-state index >= 15 is 0 Å². The average molecular weight is 695 g/mol. The van der Waals surface area contributed by atoms with Crippen LogP contribution in [0.25, 0.3) is 30.0 Å². The van der Waals surface area contributed by atoms with Crippen molar-refractivity contribution in [1.82, 2.24) is 10.2 Å². The van der Waals surface area contributed by atoms with Gasteiger partial charge in [0.05, 0.1) is 27.2 Å². The van der Waals surface area contributed by atoms with Crippen LogP contribution in [0.2, 0.25) is 0 Å². The van der Waals surface area contributed by atoms with Crippen LogP contribution in [-0.2, 0) is 14.9 Å². The first-order valence-corrected chi connectivity index (χ1v) is 17.2. The Morgan fingerprint density at radius 1 is 0.725 bits per heavy atom. The van der Waals surface area contributed by atoms with Crippen molar-refractivity contribution in [3.05, 3.63) is 166 Å². The van der Waals surface area contributed by atoms with Crippen LogP contribution in [0.1, 0.15) is 16.7 Å². The zero-order valence-corrected chi connectivity index (χ0v) is 27.8. The van der Waals surface area contributed by atoms with Crippen molar-refractivity contribution in [3.8, 4) is 22.8 Å². The second kappa shape index (κ2) is 14.1. The van der Waals surface area contributed by atoms with Crippen LogP contribution in [0.4, 0.5) is 5.69 Å². The van der Waals surface area contributed by atoms with Gasteiger partial charge in [-0.25, -0.2) is 0 Å². The molecule has 0 bridgehead atoms. The lowest BCUT2D eigenvalue weighted by molar-refractivity contribution is -0.114. The molecular formula is C40H30N4O6S. The number of carbonyl (C=O) groups is 1. The van der Waals surface area contributed by atoms with E-state index in [9.17, 15) is 17.8 Å². The summed E-state index contributed by atoms with van der Waals surface area (Å²) >= 11 is 0. The number of nitrogens with zero attached hydrogens (tertiary/aromatic N) is 3. The first-order chi connectivity index (χ1) is 24.7. The van der Waals surface area contributed by atoms with Gasteiger partial charge in [0.25, 0.3) is 16.0 Å². The highest BCUT2D eigenvalue weighted by atomic mass is 32.2. The molecule has 1 amide bonds. The quantitative estimate of drug-likeness (QED) is 0.105. The second-order valence-electron chi connectivity index (χ2n) is 11.5. The summed E-state index contributed by atoms with van der Waals surface area (Å²) in [6.07, 6.45) is 3.77. The van der Waals surface area contributed by atoms with Crippen molar-refractivity contribution in [2.75, 3.05) is 11.8 Å². The molecule has 0 radical (unpaired) electrons. The number of aromatic nitrogens is 2. The third-order valence-corrected chi connectivity index (χ3v) is 8.94. The molecule has 1 aliphatic rings. The number of benzene rings is 5. The summed E-state index contributed by atoms with van der Waals surface area (Å²) in [4.78, 5) is 13.4. The van der Waals surface area contributed by atoms with Gasteiger partial charge in [-0.1, -0.05) is 91.5 Å². The smallest absolute Gasteiger partial charge is 0.294 e. The molecule has 2 heterocycles. The Kier molecular flexibility index (Phi) is 9.13. The fourth-order valence-electron chi connectivity index (χ4n) is 5.47. The maximum atomic E-state index is 13.6. The third-order valence-electron chi connectivity index (χ3n) is 8.07. The Morgan fingerprint density at radius 3 is 1.84 bits per heavy atom. The summed E-state index contributed by atoms with van der Waals surface area (Å²) in [7, 11) is -4.38. The van der Waals surface area contributed by atoms with Crippen LogP contribution in [0.15, 0.2) is 149 Å². The van der Waals surface area contributed by atoms with Crippen molar-refractivity contribution in [3.63, 3.8) is 0 Å². The lowest BCUT2D eigenvalue weighted by Gasteiger charge is -2.12. The molecule has 0 unspecified atom stereocenters. The van der Waals surface area contributed by atoms with Gasteiger partial charge in [0, 0.05) is 16.3 Å². The first-order valence-electron chi connectivity index (χ1n) is 15.8. The van der Waals surface area contributed by atoms with Crippen LogP contribution < -0.4 is 25.1 Å². The molecule has 0 saturated heterocycles. The molecule has 1 aromatic heterocycles. The van der Waals surface area contributed by atoms with E-state index in [0.717, 1.165) is 38.5 Å². The van der Waals surface area contributed by atoms with E-state index in [0.29, 0.717) is 28.5 Å². The van der Waals surface area contributed by atoms with Gasteiger partial charge in [0.2, 0.25) is 6.79 Å². The minimum absolute atomic E-state index is 0.0129. The number of ether oxygens (including phenoxy) is 2. The van der Waals surface area contributed by atoms with E-state index < -0.39 is 10.1 Å². The summed E-state index contributed by atoms with van der Waals surface area (Å²) in [5, 5.41) is 14.9. The van der Waals surface area contributed by atoms with Gasteiger partial charge in [-0.05, 0) is 71.8 Å². The van der Waals surface area contributed by atoms with Crippen LogP contribution in [0.3, 0.4) is 0 Å². The normalized spacial score (nSPS) is 14.2. The molecule has 1 aliphatic heterocycles. The van der Waals surface area contributed by atoms with Crippen LogP contribution in [0.5, 0.6) is 11.5 Å². The lowest BCUT2D eigenvalue weighted by atomic mass is 10.0. The monoisotopic (exact) mass is 694 g/mol. The van der Waals surface area contributed by atoms with Crippen LogP contribution >= 0.6 is 0 Å². The summed E-state index contributed by atoms with van der Waals surface area (Å²) in [6.45, 7) is 4.07. The van der Waals surface area contributed by atoms with Crippen molar-refractivity contribution < 1.29 is 27.2 Å². The number of nitrogens with one attached hydrogen (secondary N) is 1. The van der Waals surface area contributed by atoms with Crippen molar-refractivity contribution in [1.29, 1.82) is 0 Å². The lowest BCUT2D eigenvalue weighted by Crippen LogP contribution is -2.22. The molecule has 11 heteroatoms. The Balaban J connectivity index is 1.02. The van der Waals surface area contributed by atoms with Gasteiger partial charge < -0.3 is 9.47 Å². The SMILES string of the molecule is C=c1[nH]nc(-c2ccccc2)/c1=C/c1ccc(OCOc2ccc(/C=C3\C(=O)N(c4ccc(S(=O)(=O)O)cc4)N=C3c3ccccc3)cc2)cc1. The fourth-order valence-corrected chi connectivity index (χ4v) is 5.95. The molecule has 2 N–H and O–H groups in total. The van der Waals surface area contributed by atoms with E-state index in [1.165, 1.54) is 29.3 Å². The standard InChI is InChI=1S/C40H30N4O6S/c1-27-36(38(42-41-27)30-8-4-2-5-9-30)24-28-12-18-33(19-13-28)49-26-50-34-20-14-29(15-21-34)25-37-39(31-10-6-3-7-11-31)43-44(40(37)45)32-16-22-35(23-17-32)51(46,47)48/h2-25,41H,1,26H2,(H,46,47,48)/b36-24+,37-25-. The summed E-state index contributed by atoms with van der Waals surface area (Å²) < 4.78 is 44.0. The molecule has 6 aromatic rings. The van der Waals surface area contributed by atoms with E-state index in [1.807, 2.05) is 103 Å². The number of carbonyl (C=O) groups excluding carboxylic acids is 1. The predicted octanol–water partition coefficient (Wildman–Crippen LogP) is 5.81. The largest absolute Gasteiger partial charge is 0.458 e. The topological polar surface area (TPSA) is 134 Å². The van der Waals surface area contributed by atoms with Crippen LogP contribution in [-0.4, -0.2) is 41.6 Å². The highest BCUT2D eigenvalue weighted by molar-refractivity contribution is 7.85. The van der Waals surface area contributed by atoms with E-state index in [-0.39, 0.29) is 17.6 Å². The Labute approximate surface area is 293 Å². The van der Waals surface area contributed by atoms with Gasteiger partial charge in [-0.2, -0.15) is 23.6 Å². The summed E-state index contributed by atoms with van der Waals surface area (Å²) in [6, 6.07) is 39.3. The highest BCUT2D eigenvalue weighted by Gasteiger charge is 2.32. The zero-order chi connectivity index (χ0) is 35.4. The van der Waals surface area contributed by atoms with Crippen molar-refractivity contribution >= 4 is 46.2 Å². The molecular weight excluding hydrogens is 665 g/mol. The number of hydrazone groups is 1. The average Bonchev–Trinajstić information content (AvgIpc) is 3.68. The van der Waals surface area contributed by atoms with Crippen LogP contribution in [0, 0.1) is 0 Å². The van der Waals surface area contributed by atoms with Crippen molar-refractivity contribution in [2.24, 2.45) is 5.10 Å². The minimum atomic E-state index is -4.38. The molecule has 51 heavy (non-hydrogen) atoms. The van der Waals surface area contributed by atoms with Gasteiger partial charge in [0.15, 0.2) is 0 Å². The van der Waals surface area contributed by atoms with Gasteiger partial charge in [-0.3, -0.25) is 14.4 Å². The van der Waals surface area contributed by atoms with Crippen molar-refractivity contribution in [2.45, 2.75) is 4.90 Å². The highest BCUT2D eigenvalue weighted by Crippen LogP contribution is 2.29. The maximum absolute atomic E-state index is 13.6. The molecule has 0 spiro atoms. The van der Waals surface area contributed by atoms with E-state index in [1.54, 1.807) is 18.2 Å². The van der Waals surface area contributed by atoms with E-state index in [2.05, 4.69) is 21.9 Å². The molecule has 10 nitrogen and oxygen atoms in total. The summed E-state index contributed by atoms with van der Waals surface area (Å²) in [5.41, 5.74) is 5.46. The molecule has 0 aliphatic carbocycles. The number of hydrogen-bond donors (Lipinski definition) is 2. The number of hydrogen-bond acceptors (Lipinski definition) is 7. The molecule has 7 rings (SSSR count). The van der Waals surface area contributed by atoms with Gasteiger partial charge >= 0.3 is 0 Å². The number of rotatable bonds is 10.